The summed E-state index contributed by atoms with van der Waals surface area (Å²) in [6, 6.07) is 5.77. The second-order valence-electron chi connectivity index (χ2n) is 5.67. The topological polar surface area (TPSA) is 41.6 Å². The van der Waals surface area contributed by atoms with E-state index in [0.717, 1.165) is 49.5 Å². The summed E-state index contributed by atoms with van der Waals surface area (Å²) in [6.07, 6.45) is 0.939. The van der Waals surface area contributed by atoms with Crippen LogP contribution in [0.4, 0.5) is 0 Å². The van der Waals surface area contributed by atoms with E-state index < -0.39 is 0 Å². The van der Waals surface area contributed by atoms with Crippen LogP contribution in [0.2, 0.25) is 0 Å². The Morgan fingerprint density at radius 2 is 2.10 bits per heavy atom. The summed E-state index contributed by atoms with van der Waals surface area (Å²) in [7, 11) is 0. The molecule has 2 rings (SSSR count). The summed E-state index contributed by atoms with van der Waals surface area (Å²) in [4.78, 5) is 15.1. The number of ketones is 1. The number of benzene rings is 1. The molecular weight excluding hydrogens is 264 g/mol. The second-order valence-corrected chi connectivity index (χ2v) is 5.67. The molecule has 1 N–H and O–H groups in total. The van der Waals surface area contributed by atoms with Gasteiger partial charge in [-0.3, -0.25) is 9.69 Å². The molecule has 4 nitrogen and oxygen atoms in total. The summed E-state index contributed by atoms with van der Waals surface area (Å²) in [5.41, 5.74) is 1.81. The molecule has 1 aliphatic rings. The molecule has 116 valence electrons. The van der Waals surface area contributed by atoms with E-state index >= 15 is 0 Å². The van der Waals surface area contributed by atoms with Crippen molar-refractivity contribution in [3.63, 3.8) is 0 Å². The van der Waals surface area contributed by atoms with Crippen LogP contribution in [-0.2, 0) is 0 Å². The van der Waals surface area contributed by atoms with Crippen molar-refractivity contribution in [3.8, 4) is 5.75 Å². The number of aryl methyl sites for hydroxylation is 1. The number of carbonyl (C=O) groups is 1. The first-order chi connectivity index (χ1) is 10.1. The van der Waals surface area contributed by atoms with E-state index in [9.17, 15) is 4.79 Å². The molecule has 0 aromatic heterocycles. The molecule has 21 heavy (non-hydrogen) atoms. The Labute approximate surface area is 127 Å². The fraction of sp³-hybridized carbons (Fsp3) is 0.588. The number of rotatable bonds is 6. The fourth-order valence-corrected chi connectivity index (χ4v) is 2.63. The number of hydrogen-bond acceptors (Lipinski definition) is 4. The van der Waals surface area contributed by atoms with E-state index in [1.807, 2.05) is 32.0 Å². The van der Waals surface area contributed by atoms with Crippen LogP contribution in [0.1, 0.15) is 36.2 Å². The first kappa shape index (κ1) is 16.0. The summed E-state index contributed by atoms with van der Waals surface area (Å²) in [6.45, 7) is 10.5. The molecule has 1 fully saturated rings. The van der Waals surface area contributed by atoms with Crippen LogP contribution < -0.4 is 10.1 Å². The minimum atomic E-state index is -0.0992. The van der Waals surface area contributed by atoms with Gasteiger partial charge in [0.1, 0.15) is 5.75 Å². The molecular formula is C17H26N2O2. The Hall–Kier alpha value is -1.39. The van der Waals surface area contributed by atoms with Gasteiger partial charge >= 0.3 is 0 Å². The third-order valence-electron chi connectivity index (χ3n) is 3.94. The van der Waals surface area contributed by atoms with Gasteiger partial charge in [-0.1, -0.05) is 18.6 Å². The summed E-state index contributed by atoms with van der Waals surface area (Å²) >= 11 is 0. The second kappa shape index (κ2) is 7.57. The zero-order chi connectivity index (χ0) is 15.2. The average Bonchev–Trinajstić information content (AvgIpc) is 2.53. The van der Waals surface area contributed by atoms with Crippen molar-refractivity contribution >= 4 is 5.78 Å². The number of Topliss-reactive ketones (excluding diaryl/α,β-unsaturated/α-hetero) is 1. The minimum absolute atomic E-state index is 0.0992. The molecule has 1 aliphatic heterocycles. The highest BCUT2D eigenvalue weighted by molar-refractivity contribution is 6.02. The number of nitrogens with zero attached hydrogens (tertiary/aromatic N) is 1. The monoisotopic (exact) mass is 290 g/mol. The SMILES string of the molecule is CCCOc1ccc(C)cc1C(=O)C(C)N1CCNCC1. The minimum Gasteiger partial charge on any atom is -0.493 e. The molecule has 0 amide bonds. The van der Waals surface area contributed by atoms with E-state index in [2.05, 4.69) is 17.1 Å². The van der Waals surface area contributed by atoms with Crippen LogP contribution in [0.25, 0.3) is 0 Å². The third kappa shape index (κ3) is 4.05. The van der Waals surface area contributed by atoms with Crippen LogP contribution in [0.15, 0.2) is 18.2 Å². The highest BCUT2D eigenvalue weighted by atomic mass is 16.5. The van der Waals surface area contributed by atoms with Crippen LogP contribution in [0.5, 0.6) is 5.75 Å². The van der Waals surface area contributed by atoms with Gasteiger partial charge in [-0.2, -0.15) is 0 Å². The predicted molar refractivity (Wildman–Crippen MR) is 85.2 cm³/mol. The van der Waals surface area contributed by atoms with Crippen LogP contribution in [0, 0.1) is 6.92 Å². The van der Waals surface area contributed by atoms with Crippen molar-refractivity contribution < 1.29 is 9.53 Å². The Morgan fingerprint density at radius 1 is 1.38 bits per heavy atom. The van der Waals surface area contributed by atoms with Gasteiger partial charge in [0.25, 0.3) is 0 Å². The Kier molecular flexibility index (Phi) is 5.76. The molecule has 1 aromatic carbocycles. The number of ether oxygens (including phenoxy) is 1. The van der Waals surface area contributed by atoms with E-state index in [-0.39, 0.29) is 11.8 Å². The first-order valence-electron chi connectivity index (χ1n) is 7.86. The molecule has 1 heterocycles. The summed E-state index contributed by atoms with van der Waals surface area (Å²) in [5, 5.41) is 3.32. The lowest BCUT2D eigenvalue weighted by atomic mass is 10.0. The largest absolute Gasteiger partial charge is 0.493 e. The molecule has 1 aromatic rings. The fourth-order valence-electron chi connectivity index (χ4n) is 2.63. The van der Waals surface area contributed by atoms with Crippen LogP contribution in [-0.4, -0.2) is 49.5 Å². The lowest BCUT2D eigenvalue weighted by molar-refractivity contribution is 0.0816. The van der Waals surface area contributed by atoms with Crippen molar-refractivity contribution in [2.75, 3.05) is 32.8 Å². The highest BCUT2D eigenvalue weighted by Crippen LogP contribution is 2.23. The standard InChI is InChI=1S/C17H26N2O2/c1-4-11-21-16-6-5-13(2)12-15(16)17(20)14(3)19-9-7-18-8-10-19/h5-6,12,14,18H,4,7-11H2,1-3H3. The smallest absolute Gasteiger partial charge is 0.183 e. The van der Waals surface area contributed by atoms with E-state index in [1.165, 1.54) is 0 Å². The molecule has 4 heteroatoms. The maximum atomic E-state index is 12.8. The molecule has 0 spiro atoms. The zero-order valence-electron chi connectivity index (χ0n) is 13.3. The van der Waals surface area contributed by atoms with Gasteiger partial charge in [-0.15, -0.1) is 0 Å². The van der Waals surface area contributed by atoms with Crippen molar-refractivity contribution in [3.05, 3.63) is 29.3 Å². The molecule has 0 aliphatic carbocycles. The Balaban J connectivity index is 2.18. The maximum Gasteiger partial charge on any atom is 0.183 e. The van der Waals surface area contributed by atoms with Crippen molar-refractivity contribution in [1.82, 2.24) is 10.2 Å². The normalized spacial score (nSPS) is 17.5. The van der Waals surface area contributed by atoms with Gasteiger partial charge in [0, 0.05) is 26.2 Å². The van der Waals surface area contributed by atoms with Gasteiger partial charge < -0.3 is 10.1 Å². The lowest BCUT2D eigenvalue weighted by Gasteiger charge is -2.32. The number of nitrogens with one attached hydrogen (secondary N) is 1. The average molecular weight is 290 g/mol. The third-order valence-corrected chi connectivity index (χ3v) is 3.94. The van der Waals surface area contributed by atoms with Crippen molar-refractivity contribution in [1.29, 1.82) is 0 Å². The van der Waals surface area contributed by atoms with Crippen molar-refractivity contribution in [2.24, 2.45) is 0 Å². The van der Waals surface area contributed by atoms with Gasteiger partial charge in [-0.05, 0) is 32.4 Å². The van der Waals surface area contributed by atoms with Gasteiger partial charge in [0.05, 0.1) is 18.2 Å². The molecule has 0 saturated carbocycles. The Morgan fingerprint density at radius 3 is 2.76 bits per heavy atom. The van der Waals surface area contributed by atoms with Gasteiger partial charge in [0.15, 0.2) is 5.78 Å². The number of piperazine rings is 1. The van der Waals surface area contributed by atoms with Crippen LogP contribution >= 0.6 is 0 Å². The maximum absolute atomic E-state index is 12.8. The zero-order valence-corrected chi connectivity index (χ0v) is 13.3. The molecule has 1 saturated heterocycles. The quantitative estimate of drug-likeness (QED) is 0.816. The number of hydrogen-bond donors (Lipinski definition) is 1. The molecule has 0 bridgehead atoms. The Bertz CT molecular complexity index is 482. The lowest BCUT2D eigenvalue weighted by Crippen LogP contribution is -2.50. The summed E-state index contributed by atoms with van der Waals surface area (Å²) in [5.74, 6) is 0.876. The molecule has 1 unspecified atom stereocenters. The first-order valence-corrected chi connectivity index (χ1v) is 7.86. The summed E-state index contributed by atoms with van der Waals surface area (Å²) < 4.78 is 5.75. The predicted octanol–water partition coefficient (Wildman–Crippen LogP) is 2.26. The molecule has 0 radical (unpaired) electrons. The van der Waals surface area contributed by atoms with Gasteiger partial charge in [0.2, 0.25) is 0 Å². The van der Waals surface area contributed by atoms with E-state index in [0.29, 0.717) is 6.61 Å². The van der Waals surface area contributed by atoms with Crippen molar-refractivity contribution in [2.45, 2.75) is 33.2 Å². The highest BCUT2D eigenvalue weighted by Gasteiger charge is 2.25. The van der Waals surface area contributed by atoms with Crippen LogP contribution in [0.3, 0.4) is 0 Å². The molecule has 1 atom stereocenters. The van der Waals surface area contributed by atoms with Gasteiger partial charge in [-0.25, -0.2) is 0 Å². The number of carbonyl (C=O) groups excluding carboxylic acids is 1. The van der Waals surface area contributed by atoms with E-state index in [1.54, 1.807) is 0 Å². The van der Waals surface area contributed by atoms with E-state index in [4.69, 9.17) is 4.74 Å².